The van der Waals surface area contributed by atoms with E-state index in [1.807, 2.05) is 18.8 Å². The van der Waals surface area contributed by atoms with E-state index in [-0.39, 0.29) is 6.04 Å². The van der Waals surface area contributed by atoms with Crippen molar-refractivity contribution in [3.63, 3.8) is 0 Å². The average molecular weight is 287 g/mol. The smallest absolute Gasteiger partial charge is 0.161 e. The lowest BCUT2D eigenvalue weighted by molar-refractivity contribution is 0.403. The second kappa shape index (κ2) is 5.26. The van der Waals surface area contributed by atoms with Crippen molar-refractivity contribution in [3.05, 3.63) is 47.1 Å². The summed E-state index contributed by atoms with van der Waals surface area (Å²) in [6.45, 7) is 0. The van der Waals surface area contributed by atoms with Crippen LogP contribution in [0.25, 0.3) is 10.1 Å². The molecule has 0 aliphatic rings. The van der Waals surface area contributed by atoms with E-state index in [1.165, 1.54) is 15.6 Å². The van der Waals surface area contributed by atoms with Crippen LogP contribution < -0.4 is 10.1 Å². The van der Waals surface area contributed by atoms with Gasteiger partial charge in [0.25, 0.3) is 0 Å². The summed E-state index contributed by atoms with van der Waals surface area (Å²) >= 11 is 1.76. The van der Waals surface area contributed by atoms with Crippen LogP contribution in [0.1, 0.15) is 17.3 Å². The number of aromatic nitrogens is 2. The fourth-order valence-electron chi connectivity index (χ4n) is 2.57. The van der Waals surface area contributed by atoms with Gasteiger partial charge < -0.3 is 10.1 Å². The minimum Gasteiger partial charge on any atom is -0.493 e. The van der Waals surface area contributed by atoms with Gasteiger partial charge in [0.15, 0.2) is 5.75 Å². The molecule has 2 heterocycles. The molecule has 0 radical (unpaired) electrons. The number of aryl methyl sites for hydroxylation is 1. The van der Waals surface area contributed by atoms with Crippen LogP contribution >= 0.6 is 11.3 Å². The maximum absolute atomic E-state index is 5.44. The summed E-state index contributed by atoms with van der Waals surface area (Å²) in [4.78, 5) is 0. The Balaban J connectivity index is 2.16. The van der Waals surface area contributed by atoms with E-state index >= 15 is 0 Å². The van der Waals surface area contributed by atoms with Gasteiger partial charge in [-0.05, 0) is 29.4 Å². The molecule has 0 amide bonds. The van der Waals surface area contributed by atoms with Crippen LogP contribution in [-0.4, -0.2) is 23.9 Å². The van der Waals surface area contributed by atoms with E-state index in [0.717, 1.165) is 11.4 Å². The first-order chi connectivity index (χ1) is 9.76. The van der Waals surface area contributed by atoms with Crippen LogP contribution in [0.4, 0.5) is 0 Å². The maximum atomic E-state index is 5.44. The Morgan fingerprint density at radius 3 is 2.90 bits per heavy atom. The van der Waals surface area contributed by atoms with Crippen LogP contribution in [0, 0.1) is 0 Å². The van der Waals surface area contributed by atoms with Crippen LogP contribution in [0.2, 0.25) is 0 Å². The van der Waals surface area contributed by atoms with E-state index in [2.05, 4.69) is 40.1 Å². The third-order valence-corrected chi connectivity index (χ3v) is 4.53. The van der Waals surface area contributed by atoms with Gasteiger partial charge in [-0.2, -0.15) is 5.10 Å². The largest absolute Gasteiger partial charge is 0.493 e. The van der Waals surface area contributed by atoms with Crippen LogP contribution in [0.3, 0.4) is 0 Å². The molecule has 20 heavy (non-hydrogen) atoms. The first kappa shape index (κ1) is 13.1. The predicted molar refractivity (Wildman–Crippen MR) is 82.5 cm³/mol. The van der Waals surface area contributed by atoms with E-state index < -0.39 is 0 Å². The zero-order chi connectivity index (χ0) is 14.1. The Morgan fingerprint density at radius 1 is 1.35 bits per heavy atom. The minimum atomic E-state index is 0.0635. The fourth-order valence-corrected chi connectivity index (χ4v) is 3.56. The van der Waals surface area contributed by atoms with Crippen molar-refractivity contribution < 1.29 is 4.74 Å². The molecule has 4 nitrogen and oxygen atoms in total. The summed E-state index contributed by atoms with van der Waals surface area (Å²) in [6, 6.07) is 8.52. The molecule has 104 valence electrons. The van der Waals surface area contributed by atoms with Gasteiger partial charge in [-0.25, -0.2) is 0 Å². The molecule has 1 atom stereocenters. The average Bonchev–Trinajstić information content (AvgIpc) is 3.06. The molecule has 1 unspecified atom stereocenters. The van der Waals surface area contributed by atoms with Gasteiger partial charge in [0.05, 0.1) is 19.3 Å². The molecule has 3 rings (SSSR count). The summed E-state index contributed by atoms with van der Waals surface area (Å²) < 4.78 is 8.60. The molecule has 5 heteroatoms. The maximum Gasteiger partial charge on any atom is 0.161 e. The molecule has 0 spiro atoms. The van der Waals surface area contributed by atoms with Gasteiger partial charge in [-0.1, -0.05) is 18.2 Å². The lowest BCUT2D eigenvalue weighted by atomic mass is 10.0. The Kier molecular flexibility index (Phi) is 3.46. The molecule has 0 saturated heterocycles. The quantitative estimate of drug-likeness (QED) is 0.802. The number of methoxy groups -OCH3 is 1. The molecular weight excluding hydrogens is 270 g/mol. The molecule has 2 aromatic heterocycles. The first-order valence-electron chi connectivity index (χ1n) is 6.45. The zero-order valence-corrected chi connectivity index (χ0v) is 12.6. The molecule has 1 N–H and O–H groups in total. The molecular formula is C15H17N3OS. The lowest BCUT2D eigenvalue weighted by Crippen LogP contribution is -2.21. The molecule has 3 aromatic rings. The number of benzene rings is 1. The topological polar surface area (TPSA) is 39.1 Å². The van der Waals surface area contributed by atoms with E-state index in [9.17, 15) is 0 Å². The van der Waals surface area contributed by atoms with Crippen molar-refractivity contribution in [1.82, 2.24) is 15.1 Å². The number of fused-ring (bicyclic) bond motifs is 1. The van der Waals surface area contributed by atoms with Crippen LogP contribution in [-0.2, 0) is 7.05 Å². The molecule has 0 saturated carbocycles. The number of hydrogen-bond acceptors (Lipinski definition) is 4. The number of thiophene rings is 1. The highest BCUT2D eigenvalue weighted by atomic mass is 32.1. The Labute approximate surface area is 122 Å². The van der Waals surface area contributed by atoms with Crippen molar-refractivity contribution in [2.75, 3.05) is 14.2 Å². The number of ether oxygens (including phenoxy) is 1. The third kappa shape index (κ3) is 1.99. The fraction of sp³-hybridized carbons (Fsp3) is 0.267. The Hall–Kier alpha value is -1.85. The van der Waals surface area contributed by atoms with Crippen molar-refractivity contribution >= 4 is 21.4 Å². The number of rotatable bonds is 4. The van der Waals surface area contributed by atoms with E-state index in [0.29, 0.717) is 0 Å². The molecule has 0 fully saturated rings. The van der Waals surface area contributed by atoms with E-state index in [4.69, 9.17) is 4.74 Å². The Morgan fingerprint density at radius 2 is 2.15 bits per heavy atom. The number of nitrogens with zero attached hydrogens (tertiary/aromatic N) is 2. The lowest BCUT2D eigenvalue weighted by Gasteiger charge is -2.17. The van der Waals surface area contributed by atoms with Gasteiger partial charge in [0.2, 0.25) is 0 Å². The number of nitrogens with one attached hydrogen (secondary N) is 1. The highest BCUT2D eigenvalue weighted by Crippen LogP contribution is 2.36. The van der Waals surface area contributed by atoms with Crippen LogP contribution in [0.5, 0.6) is 5.75 Å². The molecule has 0 aliphatic heterocycles. The van der Waals surface area contributed by atoms with Gasteiger partial charge >= 0.3 is 0 Å². The molecule has 0 bridgehead atoms. The third-order valence-electron chi connectivity index (χ3n) is 3.55. The van der Waals surface area contributed by atoms with Crippen molar-refractivity contribution in [2.24, 2.45) is 7.05 Å². The standard InChI is InChI=1S/C15H17N3OS/c1-16-14(15-12(19-3)8-17-18(15)2)11-9-20-13-7-5-4-6-10(11)13/h4-9,14,16H,1-3H3. The van der Waals surface area contributed by atoms with Gasteiger partial charge in [0.1, 0.15) is 5.69 Å². The summed E-state index contributed by atoms with van der Waals surface area (Å²) in [7, 11) is 5.58. The van der Waals surface area contributed by atoms with Crippen LogP contribution in [0.15, 0.2) is 35.8 Å². The molecule has 0 aliphatic carbocycles. The first-order valence-corrected chi connectivity index (χ1v) is 7.33. The monoisotopic (exact) mass is 287 g/mol. The zero-order valence-electron chi connectivity index (χ0n) is 11.8. The summed E-state index contributed by atoms with van der Waals surface area (Å²) in [5.74, 6) is 0.808. The van der Waals surface area contributed by atoms with E-state index in [1.54, 1.807) is 24.6 Å². The SMILES string of the molecule is CNC(c1csc2ccccc12)c1c(OC)cnn1C. The summed E-state index contributed by atoms with van der Waals surface area (Å²) in [6.07, 6.45) is 1.76. The van der Waals surface area contributed by atoms with Gasteiger partial charge in [-0.3, -0.25) is 4.68 Å². The second-order valence-electron chi connectivity index (χ2n) is 4.63. The van der Waals surface area contributed by atoms with Crippen molar-refractivity contribution in [3.8, 4) is 5.75 Å². The normalized spacial score (nSPS) is 12.8. The van der Waals surface area contributed by atoms with Crippen molar-refractivity contribution in [1.29, 1.82) is 0 Å². The molecule has 1 aromatic carbocycles. The predicted octanol–water partition coefficient (Wildman–Crippen LogP) is 2.95. The van der Waals surface area contributed by atoms with Crippen molar-refractivity contribution in [2.45, 2.75) is 6.04 Å². The summed E-state index contributed by atoms with van der Waals surface area (Å²) in [5.41, 5.74) is 2.30. The Bertz CT molecular complexity index is 732. The highest BCUT2D eigenvalue weighted by Gasteiger charge is 2.23. The summed E-state index contributed by atoms with van der Waals surface area (Å²) in [5, 5.41) is 11.2. The second-order valence-corrected chi connectivity index (χ2v) is 5.54. The number of hydrogen-bond donors (Lipinski definition) is 1. The van der Waals surface area contributed by atoms with Gasteiger partial charge in [-0.15, -0.1) is 11.3 Å². The van der Waals surface area contributed by atoms with Gasteiger partial charge in [0, 0.05) is 11.7 Å². The minimum absolute atomic E-state index is 0.0635. The highest BCUT2D eigenvalue weighted by molar-refractivity contribution is 7.17.